The molecule has 4 heteroatoms. The Bertz CT molecular complexity index is 720. The molecule has 2 aromatic rings. The molecular weight excluding hydrogens is 288 g/mol. The zero-order valence-electron chi connectivity index (χ0n) is 14.0. The SMILES string of the molecule is C=C[C@H](C1CN(C(=O)OC(C)(C)C)C1)n1ccc2ccccc21. The van der Waals surface area contributed by atoms with Gasteiger partial charge in [-0.15, -0.1) is 6.58 Å². The molecule has 1 fully saturated rings. The number of ether oxygens (including phenoxy) is 1. The molecule has 0 saturated carbocycles. The summed E-state index contributed by atoms with van der Waals surface area (Å²) in [7, 11) is 0. The van der Waals surface area contributed by atoms with E-state index in [1.54, 1.807) is 4.90 Å². The van der Waals surface area contributed by atoms with E-state index in [2.05, 4.69) is 35.5 Å². The van der Waals surface area contributed by atoms with Gasteiger partial charge in [-0.3, -0.25) is 0 Å². The van der Waals surface area contributed by atoms with E-state index in [4.69, 9.17) is 4.74 Å². The molecule has 1 aromatic carbocycles. The Labute approximate surface area is 137 Å². The van der Waals surface area contributed by atoms with Crippen molar-refractivity contribution in [2.24, 2.45) is 5.92 Å². The van der Waals surface area contributed by atoms with Crippen LogP contribution in [0, 0.1) is 5.92 Å². The van der Waals surface area contributed by atoms with E-state index in [1.807, 2.05) is 39.0 Å². The minimum atomic E-state index is -0.448. The molecular formula is C19H24N2O2. The van der Waals surface area contributed by atoms with Crippen molar-refractivity contribution in [2.75, 3.05) is 13.1 Å². The summed E-state index contributed by atoms with van der Waals surface area (Å²) in [4.78, 5) is 13.8. The number of benzene rings is 1. The number of allylic oxidation sites excluding steroid dienone is 1. The molecule has 3 rings (SSSR count). The van der Waals surface area contributed by atoms with Gasteiger partial charge >= 0.3 is 6.09 Å². The second-order valence-electron chi connectivity index (χ2n) is 7.15. The van der Waals surface area contributed by atoms with Gasteiger partial charge in [0, 0.05) is 30.7 Å². The number of fused-ring (bicyclic) bond motifs is 1. The van der Waals surface area contributed by atoms with Crippen LogP contribution in [0.4, 0.5) is 4.79 Å². The molecule has 1 saturated heterocycles. The molecule has 1 aliphatic rings. The van der Waals surface area contributed by atoms with Crippen molar-refractivity contribution in [3.8, 4) is 0 Å². The molecule has 122 valence electrons. The summed E-state index contributed by atoms with van der Waals surface area (Å²) >= 11 is 0. The highest BCUT2D eigenvalue weighted by Gasteiger charge is 2.38. The average molecular weight is 312 g/mol. The Balaban J connectivity index is 1.70. The highest BCUT2D eigenvalue weighted by atomic mass is 16.6. The van der Waals surface area contributed by atoms with E-state index in [0.717, 1.165) is 0 Å². The number of rotatable bonds is 3. The fourth-order valence-corrected chi connectivity index (χ4v) is 3.10. The zero-order chi connectivity index (χ0) is 16.6. The van der Waals surface area contributed by atoms with Crippen LogP contribution in [0.1, 0.15) is 26.8 Å². The van der Waals surface area contributed by atoms with Gasteiger partial charge in [0.05, 0.1) is 6.04 Å². The first-order valence-corrected chi connectivity index (χ1v) is 8.05. The summed E-state index contributed by atoms with van der Waals surface area (Å²) in [5.41, 5.74) is 0.754. The Morgan fingerprint density at radius 2 is 2.00 bits per heavy atom. The van der Waals surface area contributed by atoms with Gasteiger partial charge in [0.2, 0.25) is 0 Å². The van der Waals surface area contributed by atoms with Gasteiger partial charge in [0.1, 0.15) is 5.60 Å². The van der Waals surface area contributed by atoms with E-state index >= 15 is 0 Å². The van der Waals surface area contributed by atoms with Crippen LogP contribution in [0.25, 0.3) is 10.9 Å². The number of carbonyl (C=O) groups excluding carboxylic acids is 1. The summed E-state index contributed by atoms with van der Waals surface area (Å²) in [5.74, 6) is 0.371. The Kier molecular flexibility index (Phi) is 3.92. The average Bonchev–Trinajstić information content (AvgIpc) is 2.84. The molecule has 1 aliphatic heterocycles. The third kappa shape index (κ3) is 3.11. The fraction of sp³-hybridized carbons (Fsp3) is 0.421. The van der Waals surface area contributed by atoms with Crippen molar-refractivity contribution < 1.29 is 9.53 Å². The number of amides is 1. The molecule has 0 aliphatic carbocycles. The highest BCUT2D eigenvalue weighted by molar-refractivity contribution is 5.80. The van der Waals surface area contributed by atoms with E-state index in [9.17, 15) is 4.79 Å². The van der Waals surface area contributed by atoms with Crippen molar-refractivity contribution in [2.45, 2.75) is 32.4 Å². The Morgan fingerprint density at radius 1 is 1.30 bits per heavy atom. The maximum Gasteiger partial charge on any atom is 0.410 e. The van der Waals surface area contributed by atoms with Crippen molar-refractivity contribution in [3.63, 3.8) is 0 Å². The van der Waals surface area contributed by atoms with Gasteiger partial charge in [-0.25, -0.2) is 4.79 Å². The predicted octanol–water partition coefficient (Wildman–Crippen LogP) is 4.24. The van der Waals surface area contributed by atoms with Gasteiger partial charge in [0.25, 0.3) is 0 Å². The third-order valence-corrected chi connectivity index (χ3v) is 4.24. The molecule has 2 heterocycles. The number of hydrogen-bond donors (Lipinski definition) is 0. The van der Waals surface area contributed by atoms with Crippen molar-refractivity contribution in [3.05, 3.63) is 49.2 Å². The number of aromatic nitrogens is 1. The minimum absolute atomic E-state index is 0.189. The van der Waals surface area contributed by atoms with Gasteiger partial charge in [0.15, 0.2) is 0 Å². The first-order chi connectivity index (χ1) is 10.9. The number of nitrogens with zero attached hydrogens (tertiary/aromatic N) is 2. The monoisotopic (exact) mass is 312 g/mol. The van der Waals surface area contributed by atoms with Crippen molar-refractivity contribution >= 4 is 17.0 Å². The molecule has 1 atom stereocenters. The van der Waals surface area contributed by atoms with Gasteiger partial charge in [-0.2, -0.15) is 0 Å². The smallest absolute Gasteiger partial charge is 0.410 e. The summed E-state index contributed by atoms with van der Waals surface area (Å²) in [6.45, 7) is 11.1. The lowest BCUT2D eigenvalue weighted by molar-refractivity contribution is -0.00601. The van der Waals surface area contributed by atoms with Crippen LogP contribution in [-0.2, 0) is 4.74 Å². The van der Waals surface area contributed by atoms with Crippen LogP contribution in [-0.4, -0.2) is 34.3 Å². The number of para-hydroxylation sites is 1. The number of hydrogen-bond acceptors (Lipinski definition) is 2. The predicted molar refractivity (Wildman–Crippen MR) is 92.5 cm³/mol. The van der Waals surface area contributed by atoms with Crippen LogP contribution in [0.5, 0.6) is 0 Å². The summed E-state index contributed by atoms with van der Waals surface area (Å²) in [6, 6.07) is 10.6. The van der Waals surface area contributed by atoms with E-state index in [-0.39, 0.29) is 12.1 Å². The van der Waals surface area contributed by atoms with Crippen molar-refractivity contribution in [1.29, 1.82) is 0 Å². The quantitative estimate of drug-likeness (QED) is 0.795. The largest absolute Gasteiger partial charge is 0.444 e. The normalized spacial score (nSPS) is 16.9. The fourth-order valence-electron chi connectivity index (χ4n) is 3.10. The highest BCUT2D eigenvalue weighted by Crippen LogP contribution is 2.32. The first-order valence-electron chi connectivity index (χ1n) is 8.05. The van der Waals surface area contributed by atoms with Gasteiger partial charge < -0.3 is 14.2 Å². The summed E-state index contributed by atoms with van der Waals surface area (Å²) in [5, 5.41) is 1.22. The molecule has 0 N–H and O–H groups in total. The van der Waals surface area contributed by atoms with Gasteiger partial charge in [-0.1, -0.05) is 24.3 Å². The van der Waals surface area contributed by atoms with Crippen LogP contribution < -0.4 is 0 Å². The Morgan fingerprint density at radius 3 is 2.65 bits per heavy atom. The van der Waals surface area contributed by atoms with Crippen LogP contribution in [0.3, 0.4) is 0 Å². The molecule has 4 nitrogen and oxygen atoms in total. The van der Waals surface area contributed by atoms with E-state index in [0.29, 0.717) is 19.0 Å². The molecule has 0 spiro atoms. The molecule has 1 amide bonds. The molecule has 23 heavy (non-hydrogen) atoms. The lowest BCUT2D eigenvalue weighted by atomic mass is 9.91. The third-order valence-electron chi connectivity index (χ3n) is 4.24. The standard InChI is InChI=1S/C19H24N2O2/c1-5-16(21-11-10-14-8-6-7-9-17(14)21)15-12-20(13-15)18(22)23-19(2,3)4/h5-11,15-16H,1,12-13H2,2-4H3/t16-/m1/s1. The summed E-state index contributed by atoms with van der Waals surface area (Å²) in [6.07, 6.45) is 3.85. The van der Waals surface area contributed by atoms with E-state index < -0.39 is 5.60 Å². The minimum Gasteiger partial charge on any atom is -0.444 e. The molecule has 0 bridgehead atoms. The van der Waals surface area contributed by atoms with Crippen molar-refractivity contribution in [1.82, 2.24) is 9.47 Å². The lowest BCUT2D eigenvalue weighted by Crippen LogP contribution is -2.53. The van der Waals surface area contributed by atoms with E-state index in [1.165, 1.54) is 10.9 Å². The second-order valence-corrected chi connectivity index (χ2v) is 7.15. The topological polar surface area (TPSA) is 34.5 Å². The van der Waals surface area contributed by atoms with Crippen LogP contribution in [0.15, 0.2) is 49.2 Å². The van der Waals surface area contributed by atoms with Crippen LogP contribution in [0.2, 0.25) is 0 Å². The number of carbonyl (C=O) groups is 1. The Hall–Kier alpha value is -2.23. The van der Waals surface area contributed by atoms with Crippen LogP contribution >= 0.6 is 0 Å². The maximum absolute atomic E-state index is 12.1. The molecule has 0 radical (unpaired) electrons. The zero-order valence-corrected chi connectivity index (χ0v) is 14.0. The molecule has 0 unspecified atom stereocenters. The number of likely N-dealkylation sites (tertiary alicyclic amines) is 1. The second kappa shape index (κ2) is 5.76. The first kappa shape index (κ1) is 15.7. The molecule has 1 aromatic heterocycles. The lowest BCUT2D eigenvalue weighted by Gasteiger charge is -2.43. The van der Waals surface area contributed by atoms with Gasteiger partial charge in [-0.05, 0) is 38.3 Å². The summed E-state index contributed by atoms with van der Waals surface area (Å²) < 4.78 is 7.67. The maximum atomic E-state index is 12.1.